The lowest BCUT2D eigenvalue weighted by Crippen LogP contribution is -2.31. The Morgan fingerprint density at radius 1 is 1.26 bits per heavy atom. The molecule has 0 aliphatic rings. The number of anilines is 1. The van der Waals surface area contributed by atoms with Gasteiger partial charge in [-0.1, -0.05) is 19.1 Å². The molecule has 0 aromatic heterocycles. The molecular formula is C13H20N2O3S. The third-order valence-corrected chi connectivity index (χ3v) is 4.01. The van der Waals surface area contributed by atoms with Gasteiger partial charge in [0.05, 0.1) is 11.9 Å². The van der Waals surface area contributed by atoms with E-state index in [9.17, 15) is 13.2 Å². The van der Waals surface area contributed by atoms with Crippen LogP contribution in [0.3, 0.4) is 0 Å². The van der Waals surface area contributed by atoms with E-state index in [1.807, 2.05) is 19.1 Å². The molecular weight excluding hydrogens is 264 g/mol. The molecule has 5 nitrogen and oxygen atoms in total. The average molecular weight is 284 g/mol. The smallest absolute Gasteiger partial charge is 0.232 e. The van der Waals surface area contributed by atoms with Gasteiger partial charge in [0.1, 0.15) is 0 Å². The highest BCUT2D eigenvalue weighted by molar-refractivity contribution is 7.92. The van der Waals surface area contributed by atoms with Gasteiger partial charge in [0.25, 0.3) is 0 Å². The van der Waals surface area contributed by atoms with Crippen LogP contribution in [0.2, 0.25) is 0 Å². The summed E-state index contributed by atoms with van der Waals surface area (Å²) in [6.45, 7) is 2.30. The van der Waals surface area contributed by atoms with Crippen LogP contribution in [-0.2, 0) is 21.2 Å². The summed E-state index contributed by atoms with van der Waals surface area (Å²) in [5.74, 6) is -0.421. The number of carbonyl (C=O) groups is 1. The van der Waals surface area contributed by atoms with Crippen molar-refractivity contribution in [3.63, 3.8) is 0 Å². The van der Waals surface area contributed by atoms with Crippen molar-refractivity contribution in [3.05, 3.63) is 29.8 Å². The van der Waals surface area contributed by atoms with Gasteiger partial charge in [-0.15, -0.1) is 0 Å². The fourth-order valence-corrected chi connectivity index (χ4v) is 2.75. The van der Waals surface area contributed by atoms with E-state index in [0.717, 1.165) is 18.2 Å². The number of sulfonamides is 1. The topological polar surface area (TPSA) is 80.5 Å². The standard InChI is InChI=1S/C13H20N2O3S/c1-3-11-6-8-12(9-7-11)15(19(2,17)18)10-4-5-13(14)16/h6-9H,3-5,10H2,1-2H3,(H2,14,16). The Morgan fingerprint density at radius 2 is 1.84 bits per heavy atom. The summed E-state index contributed by atoms with van der Waals surface area (Å²) in [6, 6.07) is 7.37. The van der Waals surface area contributed by atoms with Crippen LogP contribution in [0.5, 0.6) is 0 Å². The van der Waals surface area contributed by atoms with E-state index < -0.39 is 15.9 Å². The average Bonchev–Trinajstić information content (AvgIpc) is 2.33. The Kier molecular flexibility index (Phi) is 5.35. The highest BCUT2D eigenvalue weighted by atomic mass is 32.2. The van der Waals surface area contributed by atoms with Crippen molar-refractivity contribution in [2.24, 2.45) is 5.73 Å². The zero-order valence-electron chi connectivity index (χ0n) is 11.3. The van der Waals surface area contributed by atoms with Crippen molar-refractivity contribution in [3.8, 4) is 0 Å². The molecule has 19 heavy (non-hydrogen) atoms. The number of nitrogens with zero attached hydrogens (tertiary/aromatic N) is 1. The molecule has 106 valence electrons. The van der Waals surface area contributed by atoms with E-state index >= 15 is 0 Å². The zero-order chi connectivity index (χ0) is 14.5. The lowest BCUT2D eigenvalue weighted by Gasteiger charge is -2.22. The number of nitrogens with two attached hydrogens (primary N) is 1. The predicted octanol–water partition coefficient (Wildman–Crippen LogP) is 1.28. The second kappa shape index (κ2) is 6.56. The molecule has 0 atom stereocenters. The van der Waals surface area contributed by atoms with Gasteiger partial charge in [0.2, 0.25) is 15.9 Å². The van der Waals surface area contributed by atoms with E-state index in [-0.39, 0.29) is 13.0 Å². The van der Waals surface area contributed by atoms with Gasteiger partial charge in [0.15, 0.2) is 0 Å². The lowest BCUT2D eigenvalue weighted by atomic mass is 10.1. The number of carbonyl (C=O) groups excluding carboxylic acids is 1. The second-order valence-electron chi connectivity index (χ2n) is 4.42. The molecule has 1 aromatic rings. The van der Waals surface area contributed by atoms with Crippen LogP contribution in [0.4, 0.5) is 5.69 Å². The molecule has 0 unspecified atom stereocenters. The summed E-state index contributed by atoms with van der Waals surface area (Å²) in [4.78, 5) is 10.7. The van der Waals surface area contributed by atoms with Crippen LogP contribution in [0.15, 0.2) is 24.3 Å². The quantitative estimate of drug-likeness (QED) is 0.819. The molecule has 6 heteroatoms. The van der Waals surface area contributed by atoms with Crippen molar-refractivity contribution in [2.45, 2.75) is 26.2 Å². The predicted molar refractivity (Wildman–Crippen MR) is 76.4 cm³/mol. The first-order valence-corrected chi connectivity index (χ1v) is 8.04. The van der Waals surface area contributed by atoms with Crippen LogP contribution >= 0.6 is 0 Å². The van der Waals surface area contributed by atoms with Crippen LogP contribution in [-0.4, -0.2) is 27.1 Å². The molecule has 0 saturated carbocycles. The van der Waals surface area contributed by atoms with Gasteiger partial charge in [0, 0.05) is 13.0 Å². The number of aryl methyl sites for hydroxylation is 1. The van der Waals surface area contributed by atoms with Crippen LogP contribution in [0.1, 0.15) is 25.3 Å². The maximum atomic E-state index is 11.8. The Bertz CT molecular complexity index is 523. The number of benzene rings is 1. The Hall–Kier alpha value is -1.56. The summed E-state index contributed by atoms with van der Waals surface area (Å²) in [7, 11) is -3.35. The first-order valence-electron chi connectivity index (χ1n) is 6.19. The number of hydrogen-bond donors (Lipinski definition) is 1. The normalized spacial score (nSPS) is 11.3. The van der Waals surface area contributed by atoms with Gasteiger partial charge >= 0.3 is 0 Å². The minimum atomic E-state index is -3.35. The van der Waals surface area contributed by atoms with E-state index in [0.29, 0.717) is 12.1 Å². The molecule has 0 fully saturated rings. The minimum Gasteiger partial charge on any atom is -0.370 e. The second-order valence-corrected chi connectivity index (χ2v) is 6.33. The van der Waals surface area contributed by atoms with E-state index in [1.54, 1.807) is 12.1 Å². The van der Waals surface area contributed by atoms with Gasteiger partial charge in [-0.25, -0.2) is 8.42 Å². The van der Waals surface area contributed by atoms with Crippen molar-refractivity contribution in [1.82, 2.24) is 0 Å². The molecule has 1 aromatic carbocycles. The lowest BCUT2D eigenvalue weighted by molar-refractivity contribution is -0.118. The third-order valence-electron chi connectivity index (χ3n) is 2.82. The Labute approximate surface area is 114 Å². The summed E-state index contributed by atoms with van der Waals surface area (Å²) in [6.07, 6.45) is 2.66. The molecule has 0 heterocycles. The third kappa shape index (κ3) is 4.90. The monoisotopic (exact) mass is 284 g/mol. The Morgan fingerprint density at radius 3 is 2.26 bits per heavy atom. The molecule has 0 saturated heterocycles. The molecule has 1 rings (SSSR count). The SMILES string of the molecule is CCc1ccc(N(CCCC(N)=O)S(C)(=O)=O)cc1. The van der Waals surface area contributed by atoms with Gasteiger partial charge in [-0.2, -0.15) is 0 Å². The van der Waals surface area contributed by atoms with Gasteiger partial charge in [-0.3, -0.25) is 9.10 Å². The summed E-state index contributed by atoms with van der Waals surface area (Å²) >= 11 is 0. The number of amides is 1. The van der Waals surface area contributed by atoms with Gasteiger partial charge in [-0.05, 0) is 30.5 Å². The van der Waals surface area contributed by atoms with E-state index in [4.69, 9.17) is 5.73 Å². The molecule has 2 N–H and O–H groups in total. The maximum absolute atomic E-state index is 11.8. The largest absolute Gasteiger partial charge is 0.370 e. The van der Waals surface area contributed by atoms with Crippen molar-refractivity contribution in [2.75, 3.05) is 17.1 Å². The summed E-state index contributed by atoms with van der Waals surface area (Å²) in [5, 5.41) is 0. The van der Waals surface area contributed by atoms with Crippen LogP contribution in [0, 0.1) is 0 Å². The van der Waals surface area contributed by atoms with E-state index in [1.165, 1.54) is 4.31 Å². The zero-order valence-corrected chi connectivity index (χ0v) is 12.1. The Balaban J connectivity index is 2.87. The van der Waals surface area contributed by atoms with Crippen molar-refractivity contribution < 1.29 is 13.2 Å². The van der Waals surface area contributed by atoms with Crippen molar-refractivity contribution in [1.29, 1.82) is 0 Å². The highest BCUT2D eigenvalue weighted by Crippen LogP contribution is 2.19. The number of rotatable bonds is 7. The summed E-state index contributed by atoms with van der Waals surface area (Å²) in [5.41, 5.74) is 6.82. The fourth-order valence-electron chi connectivity index (χ4n) is 1.78. The summed E-state index contributed by atoms with van der Waals surface area (Å²) < 4.78 is 24.8. The maximum Gasteiger partial charge on any atom is 0.232 e. The van der Waals surface area contributed by atoms with Crippen molar-refractivity contribution >= 4 is 21.6 Å². The molecule has 0 radical (unpaired) electrons. The first-order chi connectivity index (χ1) is 8.84. The molecule has 0 aliphatic carbocycles. The van der Waals surface area contributed by atoms with Gasteiger partial charge < -0.3 is 5.73 Å². The van der Waals surface area contributed by atoms with Crippen LogP contribution < -0.4 is 10.0 Å². The fraction of sp³-hybridized carbons (Fsp3) is 0.462. The number of hydrogen-bond acceptors (Lipinski definition) is 3. The van der Waals surface area contributed by atoms with Crippen LogP contribution in [0.25, 0.3) is 0 Å². The first kappa shape index (κ1) is 15.5. The molecule has 0 spiro atoms. The minimum absolute atomic E-state index is 0.180. The molecule has 0 bridgehead atoms. The van der Waals surface area contributed by atoms with E-state index in [2.05, 4.69) is 0 Å². The molecule has 1 amide bonds. The molecule has 0 aliphatic heterocycles. The highest BCUT2D eigenvalue weighted by Gasteiger charge is 2.17. The number of primary amides is 1.